The van der Waals surface area contributed by atoms with Gasteiger partial charge in [0.15, 0.2) is 0 Å². The van der Waals surface area contributed by atoms with Crippen molar-refractivity contribution in [2.75, 3.05) is 0 Å². The lowest BCUT2D eigenvalue weighted by atomic mass is 10.4. The lowest BCUT2D eigenvalue weighted by molar-refractivity contribution is 0.579. The molecule has 0 spiro atoms. The van der Waals surface area contributed by atoms with E-state index in [1.165, 1.54) is 12.1 Å². The third kappa shape index (κ3) is 3.41. The molecule has 0 fully saturated rings. The third-order valence-electron chi connectivity index (χ3n) is 1.87. The second-order valence-electron chi connectivity index (χ2n) is 3.20. The van der Waals surface area contributed by atoms with E-state index in [-0.39, 0.29) is 9.88 Å². The van der Waals surface area contributed by atoms with Crippen LogP contribution in [0.1, 0.15) is 6.92 Å². The molecule has 3 N–H and O–H groups in total. The summed E-state index contributed by atoms with van der Waals surface area (Å²) in [6.07, 6.45) is 0. The Morgan fingerprint density at radius 3 is 2.69 bits per heavy atom. The molecule has 16 heavy (non-hydrogen) atoms. The van der Waals surface area contributed by atoms with Crippen LogP contribution >= 0.6 is 23.8 Å². The standard InChI is InChI=1S/C9H11ClN2O2S2/c1-6(9(11)15)12-16(13,14)8-4-2-3-7(10)5-8/h2-6,12H,1H3,(H2,11,15). The number of benzene rings is 1. The topological polar surface area (TPSA) is 72.2 Å². The molecule has 0 amide bonds. The third-order valence-corrected chi connectivity index (χ3v) is 3.99. The minimum absolute atomic E-state index is 0.0862. The van der Waals surface area contributed by atoms with E-state index in [1.807, 2.05) is 0 Å². The van der Waals surface area contributed by atoms with Crippen molar-refractivity contribution in [3.63, 3.8) is 0 Å². The molecule has 0 aliphatic rings. The fourth-order valence-corrected chi connectivity index (χ4v) is 2.65. The van der Waals surface area contributed by atoms with Gasteiger partial charge >= 0.3 is 0 Å². The highest BCUT2D eigenvalue weighted by molar-refractivity contribution is 7.89. The van der Waals surface area contributed by atoms with Gasteiger partial charge in [0.1, 0.15) is 0 Å². The summed E-state index contributed by atoms with van der Waals surface area (Å²) in [7, 11) is -3.63. The second-order valence-corrected chi connectivity index (χ2v) is 5.82. The van der Waals surface area contributed by atoms with E-state index in [9.17, 15) is 8.42 Å². The summed E-state index contributed by atoms with van der Waals surface area (Å²) in [4.78, 5) is 0.175. The van der Waals surface area contributed by atoms with Crippen LogP contribution in [0.3, 0.4) is 0 Å². The lowest BCUT2D eigenvalue weighted by Gasteiger charge is -2.12. The predicted octanol–water partition coefficient (Wildman–Crippen LogP) is 1.29. The Kier molecular flexibility index (Phi) is 4.26. The number of sulfonamides is 1. The van der Waals surface area contributed by atoms with Crippen LogP contribution in [0, 0.1) is 0 Å². The highest BCUT2D eigenvalue weighted by atomic mass is 35.5. The van der Waals surface area contributed by atoms with E-state index in [4.69, 9.17) is 17.3 Å². The first kappa shape index (κ1) is 13.4. The van der Waals surface area contributed by atoms with Gasteiger partial charge in [-0.2, -0.15) is 0 Å². The zero-order chi connectivity index (χ0) is 12.3. The largest absolute Gasteiger partial charge is 0.392 e. The first-order valence-corrected chi connectivity index (χ1v) is 6.67. The molecule has 1 unspecified atom stereocenters. The first-order valence-electron chi connectivity index (χ1n) is 4.40. The van der Waals surface area contributed by atoms with Crippen molar-refractivity contribution in [1.82, 2.24) is 4.72 Å². The maximum absolute atomic E-state index is 11.8. The first-order chi connectivity index (χ1) is 7.33. The summed E-state index contributed by atoms with van der Waals surface area (Å²) in [6, 6.07) is 5.36. The van der Waals surface area contributed by atoms with Crippen molar-refractivity contribution < 1.29 is 8.42 Å². The zero-order valence-corrected chi connectivity index (χ0v) is 10.9. The average molecular weight is 279 g/mol. The van der Waals surface area contributed by atoms with E-state index < -0.39 is 16.1 Å². The Hall–Kier alpha value is -0.690. The second kappa shape index (κ2) is 5.09. The lowest BCUT2D eigenvalue weighted by Crippen LogP contribution is -2.41. The minimum atomic E-state index is -3.63. The van der Waals surface area contributed by atoms with Crippen LogP contribution in [-0.4, -0.2) is 19.4 Å². The van der Waals surface area contributed by atoms with Crippen LogP contribution in [0.25, 0.3) is 0 Å². The normalized spacial score (nSPS) is 13.4. The van der Waals surface area contributed by atoms with Gasteiger partial charge in [0.25, 0.3) is 0 Å². The molecule has 0 saturated heterocycles. The van der Waals surface area contributed by atoms with Gasteiger partial charge in [0.2, 0.25) is 10.0 Å². The Morgan fingerprint density at radius 1 is 1.56 bits per heavy atom. The maximum atomic E-state index is 11.8. The van der Waals surface area contributed by atoms with Crippen molar-refractivity contribution in [1.29, 1.82) is 0 Å². The summed E-state index contributed by atoms with van der Waals surface area (Å²) in [5.41, 5.74) is 5.33. The summed E-state index contributed by atoms with van der Waals surface area (Å²) in [5, 5.41) is 0.353. The Morgan fingerprint density at radius 2 is 2.19 bits per heavy atom. The van der Waals surface area contributed by atoms with Crippen LogP contribution in [0.15, 0.2) is 29.2 Å². The van der Waals surface area contributed by atoms with Crippen molar-refractivity contribution in [3.05, 3.63) is 29.3 Å². The van der Waals surface area contributed by atoms with Gasteiger partial charge in [0, 0.05) is 5.02 Å². The van der Waals surface area contributed by atoms with Gasteiger partial charge in [-0.3, -0.25) is 0 Å². The Balaban J connectivity index is 2.99. The molecule has 0 saturated carbocycles. The van der Waals surface area contributed by atoms with Crippen LogP contribution < -0.4 is 10.5 Å². The number of rotatable bonds is 4. The predicted molar refractivity (Wildman–Crippen MR) is 68.0 cm³/mol. The zero-order valence-electron chi connectivity index (χ0n) is 8.48. The van der Waals surface area contributed by atoms with Crippen LogP contribution in [-0.2, 0) is 10.0 Å². The van der Waals surface area contributed by atoms with Crippen molar-refractivity contribution >= 4 is 38.8 Å². The summed E-state index contributed by atoms with van der Waals surface area (Å²) in [6.45, 7) is 1.57. The number of hydrogen-bond acceptors (Lipinski definition) is 3. The highest BCUT2D eigenvalue weighted by Gasteiger charge is 2.18. The molecular weight excluding hydrogens is 268 g/mol. The van der Waals surface area contributed by atoms with Crippen LogP contribution in [0.2, 0.25) is 5.02 Å². The summed E-state index contributed by atoms with van der Waals surface area (Å²) >= 11 is 10.4. The fourth-order valence-electron chi connectivity index (χ4n) is 0.993. The molecule has 7 heteroatoms. The molecule has 1 rings (SSSR count). The fraction of sp³-hybridized carbons (Fsp3) is 0.222. The molecule has 0 aliphatic carbocycles. The average Bonchev–Trinajstić information content (AvgIpc) is 2.17. The van der Waals surface area contributed by atoms with Crippen molar-refractivity contribution in [3.8, 4) is 0 Å². The molecule has 0 aliphatic heterocycles. The molecule has 0 aromatic heterocycles. The molecule has 0 bridgehead atoms. The maximum Gasteiger partial charge on any atom is 0.241 e. The van der Waals surface area contributed by atoms with E-state index in [2.05, 4.69) is 16.9 Å². The van der Waals surface area contributed by atoms with Gasteiger partial charge < -0.3 is 5.73 Å². The van der Waals surface area contributed by atoms with Gasteiger partial charge in [-0.1, -0.05) is 29.9 Å². The number of thiocarbonyl (C=S) groups is 1. The molecular formula is C9H11ClN2O2S2. The number of nitrogens with two attached hydrogens (primary N) is 1. The van der Waals surface area contributed by atoms with Crippen LogP contribution in [0.5, 0.6) is 0 Å². The molecule has 0 radical (unpaired) electrons. The Labute approximate surface area is 105 Å². The molecule has 1 aromatic carbocycles. The SMILES string of the molecule is CC(NS(=O)(=O)c1cccc(Cl)c1)C(N)=S. The van der Waals surface area contributed by atoms with E-state index in [0.717, 1.165) is 0 Å². The van der Waals surface area contributed by atoms with Gasteiger partial charge in [-0.15, -0.1) is 0 Å². The number of nitrogens with one attached hydrogen (secondary N) is 1. The van der Waals surface area contributed by atoms with E-state index in [0.29, 0.717) is 5.02 Å². The molecule has 1 atom stereocenters. The van der Waals surface area contributed by atoms with Crippen molar-refractivity contribution in [2.45, 2.75) is 17.9 Å². The molecule has 4 nitrogen and oxygen atoms in total. The Bertz CT molecular complexity index is 502. The number of hydrogen-bond donors (Lipinski definition) is 2. The molecule has 88 valence electrons. The van der Waals surface area contributed by atoms with Crippen molar-refractivity contribution in [2.24, 2.45) is 5.73 Å². The van der Waals surface area contributed by atoms with Gasteiger partial charge in [-0.05, 0) is 25.1 Å². The van der Waals surface area contributed by atoms with E-state index >= 15 is 0 Å². The highest BCUT2D eigenvalue weighted by Crippen LogP contribution is 2.15. The summed E-state index contributed by atoms with van der Waals surface area (Å²) in [5.74, 6) is 0. The van der Waals surface area contributed by atoms with Crippen LogP contribution in [0.4, 0.5) is 0 Å². The molecule has 0 heterocycles. The summed E-state index contributed by atoms with van der Waals surface area (Å²) < 4.78 is 26.0. The quantitative estimate of drug-likeness (QED) is 0.814. The van der Waals surface area contributed by atoms with Gasteiger partial charge in [0.05, 0.1) is 15.9 Å². The van der Waals surface area contributed by atoms with E-state index in [1.54, 1.807) is 19.1 Å². The van der Waals surface area contributed by atoms with Gasteiger partial charge in [-0.25, -0.2) is 13.1 Å². The smallest absolute Gasteiger partial charge is 0.241 e. The monoisotopic (exact) mass is 278 g/mol. The minimum Gasteiger partial charge on any atom is -0.392 e. The molecule has 1 aromatic rings. The number of halogens is 1.